The zero-order chi connectivity index (χ0) is 13.8. The van der Waals surface area contributed by atoms with Crippen LogP contribution >= 0.6 is 11.8 Å². The van der Waals surface area contributed by atoms with Gasteiger partial charge in [0, 0.05) is 11.8 Å². The summed E-state index contributed by atoms with van der Waals surface area (Å²) in [5.41, 5.74) is 5.54. The Bertz CT molecular complexity index is 503. The molecule has 0 amide bonds. The Morgan fingerprint density at radius 2 is 2.17 bits per heavy atom. The average Bonchev–Trinajstić information content (AvgIpc) is 2.31. The van der Waals surface area contributed by atoms with Gasteiger partial charge in [-0.15, -0.1) is 0 Å². The quantitative estimate of drug-likeness (QED) is 0.544. The first-order valence-corrected chi connectivity index (χ1v) is 8.38. The van der Waals surface area contributed by atoms with Crippen LogP contribution in [0, 0.1) is 0 Å². The lowest BCUT2D eigenvalue weighted by Crippen LogP contribution is -2.36. The first-order chi connectivity index (χ1) is 8.40. The van der Waals surface area contributed by atoms with Gasteiger partial charge in [-0.3, -0.25) is 0 Å². The van der Waals surface area contributed by atoms with Gasteiger partial charge in [0.1, 0.15) is 5.75 Å². The van der Waals surface area contributed by atoms with Crippen LogP contribution < -0.4 is 10.5 Å². The topological polar surface area (TPSA) is 92.4 Å². The second-order valence-corrected chi connectivity index (χ2v) is 6.53. The fourth-order valence-electron chi connectivity index (χ4n) is 1.42. The lowest BCUT2D eigenvalue weighted by atomic mass is 10.3. The molecule has 1 aromatic rings. The molecule has 0 aromatic heterocycles. The van der Waals surface area contributed by atoms with Crippen molar-refractivity contribution in [3.8, 4) is 5.75 Å². The lowest BCUT2D eigenvalue weighted by molar-refractivity contribution is 0.477. The minimum atomic E-state index is -3.59. The summed E-state index contributed by atoms with van der Waals surface area (Å²) >= 11 is 1.58. The van der Waals surface area contributed by atoms with E-state index in [1.54, 1.807) is 11.8 Å². The molecule has 0 radical (unpaired) electrons. The molecule has 0 aliphatic carbocycles. The molecule has 1 unspecified atom stereocenters. The van der Waals surface area contributed by atoms with Crippen LogP contribution in [0.4, 0.5) is 5.69 Å². The van der Waals surface area contributed by atoms with Crippen LogP contribution in [0.25, 0.3) is 0 Å². The number of nitrogen functional groups attached to an aromatic ring is 1. The average molecular weight is 290 g/mol. The summed E-state index contributed by atoms with van der Waals surface area (Å²) in [7, 11) is -3.59. The highest BCUT2D eigenvalue weighted by Crippen LogP contribution is 2.23. The zero-order valence-electron chi connectivity index (χ0n) is 10.4. The number of anilines is 1. The van der Waals surface area contributed by atoms with Crippen LogP contribution in [0.3, 0.4) is 0 Å². The molecular weight excluding hydrogens is 272 g/mol. The van der Waals surface area contributed by atoms with Gasteiger partial charge < -0.3 is 10.8 Å². The Morgan fingerprint density at radius 1 is 1.50 bits per heavy atom. The Labute approximate surface area is 112 Å². The fraction of sp³-hybridized carbons (Fsp3) is 0.455. The van der Waals surface area contributed by atoms with Crippen molar-refractivity contribution in [2.45, 2.75) is 24.3 Å². The maximum absolute atomic E-state index is 12.1. The van der Waals surface area contributed by atoms with Crippen molar-refractivity contribution < 1.29 is 13.5 Å². The second kappa shape index (κ2) is 6.31. The molecule has 0 heterocycles. The fourth-order valence-corrected chi connectivity index (χ4v) is 3.60. The van der Waals surface area contributed by atoms with E-state index in [2.05, 4.69) is 4.72 Å². The number of aromatic hydroxyl groups is 1. The van der Waals surface area contributed by atoms with Crippen molar-refractivity contribution >= 4 is 27.5 Å². The maximum Gasteiger partial charge on any atom is 0.240 e. The van der Waals surface area contributed by atoms with Crippen molar-refractivity contribution in [1.82, 2.24) is 4.72 Å². The summed E-state index contributed by atoms with van der Waals surface area (Å²) in [5.74, 6) is 0.591. The van der Waals surface area contributed by atoms with Gasteiger partial charge in [-0.1, -0.05) is 6.92 Å². The standard InChI is InChI=1S/C11H18N2O3S2/c1-3-8(7-17-2)13-18(15,16)9-4-5-11(14)10(12)6-9/h4-6,8,13-14H,3,7,12H2,1-2H3. The molecule has 7 heteroatoms. The third-order valence-corrected chi connectivity index (χ3v) is 4.75. The minimum absolute atomic E-state index is 0.0517. The van der Waals surface area contributed by atoms with E-state index in [-0.39, 0.29) is 22.4 Å². The summed E-state index contributed by atoms with van der Waals surface area (Å²) in [5, 5.41) is 9.28. The number of sulfonamides is 1. The van der Waals surface area contributed by atoms with Crippen LogP contribution in [0.15, 0.2) is 23.1 Å². The second-order valence-electron chi connectivity index (χ2n) is 3.90. The van der Waals surface area contributed by atoms with Crippen LogP contribution in [-0.4, -0.2) is 31.6 Å². The first-order valence-electron chi connectivity index (χ1n) is 5.50. The molecule has 5 nitrogen and oxygen atoms in total. The highest BCUT2D eigenvalue weighted by Gasteiger charge is 2.19. The van der Waals surface area contributed by atoms with Gasteiger partial charge in [0.25, 0.3) is 0 Å². The number of benzene rings is 1. The number of thioether (sulfide) groups is 1. The van der Waals surface area contributed by atoms with Crippen molar-refractivity contribution in [2.75, 3.05) is 17.7 Å². The zero-order valence-corrected chi connectivity index (χ0v) is 12.0. The molecule has 18 heavy (non-hydrogen) atoms. The highest BCUT2D eigenvalue weighted by atomic mass is 32.2. The molecule has 0 aliphatic rings. The molecule has 0 spiro atoms. The van der Waals surface area contributed by atoms with Crippen molar-refractivity contribution in [2.24, 2.45) is 0 Å². The number of phenolic OH excluding ortho intramolecular Hbond substituents is 1. The summed E-state index contributed by atoms with van der Waals surface area (Å²) in [6.45, 7) is 1.93. The predicted octanol–water partition coefficient (Wildman–Crippen LogP) is 1.39. The van der Waals surface area contributed by atoms with E-state index in [0.29, 0.717) is 12.2 Å². The first kappa shape index (κ1) is 15.1. The Hall–Kier alpha value is -0.920. The molecule has 4 N–H and O–H groups in total. The monoisotopic (exact) mass is 290 g/mol. The Balaban J connectivity index is 2.95. The number of hydrogen-bond acceptors (Lipinski definition) is 5. The van der Waals surface area contributed by atoms with Crippen LogP contribution in [0.5, 0.6) is 5.75 Å². The lowest BCUT2D eigenvalue weighted by Gasteiger charge is -2.16. The molecule has 1 rings (SSSR count). The normalized spacial score (nSPS) is 13.4. The molecule has 0 bridgehead atoms. The Kier molecular flexibility index (Phi) is 5.30. The van der Waals surface area contributed by atoms with Gasteiger partial charge >= 0.3 is 0 Å². The van der Waals surface area contributed by atoms with E-state index >= 15 is 0 Å². The van der Waals surface area contributed by atoms with Crippen LogP contribution in [0.2, 0.25) is 0 Å². The van der Waals surface area contributed by atoms with E-state index in [9.17, 15) is 13.5 Å². The van der Waals surface area contributed by atoms with Gasteiger partial charge in [0.15, 0.2) is 0 Å². The molecule has 1 aromatic carbocycles. The van der Waals surface area contributed by atoms with E-state index < -0.39 is 10.0 Å². The van der Waals surface area contributed by atoms with Crippen molar-refractivity contribution in [3.63, 3.8) is 0 Å². The third kappa shape index (κ3) is 3.79. The van der Waals surface area contributed by atoms with Crippen molar-refractivity contribution in [1.29, 1.82) is 0 Å². The van der Waals surface area contributed by atoms with E-state index in [1.807, 2.05) is 13.2 Å². The van der Waals surface area contributed by atoms with Gasteiger partial charge in [-0.2, -0.15) is 11.8 Å². The molecule has 1 atom stereocenters. The van der Waals surface area contributed by atoms with Crippen LogP contribution in [-0.2, 0) is 10.0 Å². The molecule has 0 saturated heterocycles. The van der Waals surface area contributed by atoms with Gasteiger partial charge in [-0.25, -0.2) is 13.1 Å². The number of nitrogens with two attached hydrogens (primary N) is 1. The number of rotatable bonds is 6. The molecule has 0 saturated carbocycles. The SMILES string of the molecule is CCC(CSC)NS(=O)(=O)c1ccc(O)c(N)c1. The van der Waals surface area contributed by atoms with E-state index in [4.69, 9.17) is 5.73 Å². The van der Waals surface area contributed by atoms with Crippen molar-refractivity contribution in [3.05, 3.63) is 18.2 Å². The van der Waals surface area contributed by atoms with E-state index in [1.165, 1.54) is 18.2 Å². The smallest absolute Gasteiger partial charge is 0.240 e. The number of hydrogen-bond donors (Lipinski definition) is 3. The minimum Gasteiger partial charge on any atom is -0.506 e. The number of nitrogens with one attached hydrogen (secondary N) is 1. The third-order valence-electron chi connectivity index (χ3n) is 2.49. The summed E-state index contributed by atoms with van der Waals surface area (Å²) in [6, 6.07) is 3.75. The largest absolute Gasteiger partial charge is 0.506 e. The van der Waals surface area contributed by atoms with Gasteiger partial charge in [-0.05, 0) is 30.9 Å². The molecule has 102 valence electrons. The van der Waals surface area contributed by atoms with E-state index in [0.717, 1.165) is 0 Å². The maximum atomic E-state index is 12.1. The summed E-state index contributed by atoms with van der Waals surface area (Å²) in [4.78, 5) is 0.0670. The van der Waals surface area contributed by atoms with Gasteiger partial charge in [0.2, 0.25) is 10.0 Å². The van der Waals surface area contributed by atoms with Crippen LogP contribution in [0.1, 0.15) is 13.3 Å². The predicted molar refractivity (Wildman–Crippen MR) is 75.3 cm³/mol. The van der Waals surface area contributed by atoms with Gasteiger partial charge in [0.05, 0.1) is 10.6 Å². The Morgan fingerprint density at radius 3 is 2.67 bits per heavy atom. The summed E-state index contributed by atoms with van der Waals surface area (Å²) in [6.07, 6.45) is 2.64. The highest BCUT2D eigenvalue weighted by molar-refractivity contribution is 7.98. The molecule has 0 fully saturated rings. The molecular formula is C11H18N2O3S2. The molecule has 0 aliphatic heterocycles. The number of phenols is 1. The summed E-state index contributed by atoms with van der Waals surface area (Å²) < 4.78 is 26.8.